The molecule has 17 nitrogen and oxygen atoms in total. The SMILES string of the molecule is CC(=O)CCCN1C(=O)/C(=C/c2ccc(C)c(C)c2)SC1=S.CC(=O)CCCN1C(=O)/C(=C/c2ccc(C)c(C)c2)SC1=S.CC(=O)CCCN1C(=O)/C(=C/c2ccccn2)SC1=S.CC(=O)CCCN1C(=O)/C(=C/c2ccccn2)SC1=S.CC(=O)CCCN1C(=O)/C(=C/c2cccs2)SC1=S. The molecule has 0 spiro atoms. The van der Waals surface area contributed by atoms with E-state index in [1.807, 2.05) is 84.3 Å². The van der Waals surface area contributed by atoms with E-state index in [-0.39, 0.29) is 58.5 Å². The van der Waals surface area contributed by atoms with E-state index in [2.05, 4.69) is 61.9 Å². The van der Waals surface area contributed by atoms with Gasteiger partial charge in [-0.05, 0) is 194 Å². The van der Waals surface area contributed by atoms with Gasteiger partial charge in [0.25, 0.3) is 29.5 Å². The maximum atomic E-state index is 12.4. The summed E-state index contributed by atoms with van der Waals surface area (Å²) in [5.41, 5.74) is 8.34. The number of thiophene rings is 1. The zero-order valence-corrected chi connectivity index (χ0v) is 67.5. The summed E-state index contributed by atoms with van der Waals surface area (Å²) in [6.45, 7) is 18.5. The van der Waals surface area contributed by atoms with Crippen molar-refractivity contribution < 1.29 is 47.9 Å². The number of hydrogen-bond acceptors (Lipinski definition) is 23. The van der Waals surface area contributed by atoms with Crippen LogP contribution in [0.1, 0.15) is 148 Å². The van der Waals surface area contributed by atoms with Crippen molar-refractivity contribution >= 4 is 242 Å². The number of pyridine rings is 2. The molecule has 0 saturated carbocycles. The van der Waals surface area contributed by atoms with E-state index >= 15 is 0 Å². The number of amides is 5. The Labute approximate surface area is 654 Å². The molecule has 8 heterocycles. The molecular weight excluding hydrogens is 1510 g/mol. The number of hydrogen-bond donors (Lipinski definition) is 0. The third-order valence-electron chi connectivity index (χ3n) is 15.3. The van der Waals surface area contributed by atoms with Crippen molar-refractivity contribution in [1.29, 1.82) is 0 Å². The van der Waals surface area contributed by atoms with Crippen LogP contribution in [-0.2, 0) is 47.9 Å². The highest BCUT2D eigenvalue weighted by atomic mass is 32.2. The van der Waals surface area contributed by atoms with Gasteiger partial charge >= 0.3 is 0 Å². The Morgan fingerprint density at radius 3 is 0.883 bits per heavy atom. The molecule has 540 valence electrons. The molecule has 5 aromatic rings. The molecule has 2 aromatic carbocycles. The molecule has 5 saturated heterocycles. The number of aryl methyl sites for hydroxylation is 4. The van der Waals surface area contributed by atoms with E-state index in [4.69, 9.17) is 61.1 Å². The largest absolute Gasteiger partial charge is 0.300 e. The summed E-state index contributed by atoms with van der Waals surface area (Å²) in [7, 11) is 0. The second-order valence-electron chi connectivity index (χ2n) is 23.9. The number of thiocarbonyl (C=S) groups is 5. The Balaban J connectivity index is 0.000000202. The van der Waals surface area contributed by atoms with Crippen molar-refractivity contribution in [3.63, 3.8) is 0 Å². The van der Waals surface area contributed by atoms with Gasteiger partial charge in [0, 0.05) is 82.1 Å². The summed E-state index contributed by atoms with van der Waals surface area (Å²) >= 11 is 34.3. The summed E-state index contributed by atoms with van der Waals surface area (Å²) in [5, 5.41) is 1.97. The van der Waals surface area contributed by atoms with Crippen LogP contribution in [0.4, 0.5) is 0 Å². The van der Waals surface area contributed by atoms with Gasteiger partial charge in [-0.2, -0.15) is 0 Å². The molecule has 0 N–H and O–H groups in total. The first kappa shape index (κ1) is 85.0. The monoisotopic (exact) mass is 1590 g/mol. The summed E-state index contributed by atoms with van der Waals surface area (Å²) in [6, 6.07) is 27.2. The maximum Gasteiger partial charge on any atom is 0.266 e. The average molecular weight is 1590 g/mol. The van der Waals surface area contributed by atoms with Crippen LogP contribution >= 0.6 is 131 Å². The fraction of sp³-hybridized carbons (Fsp3) is 0.320. The Bertz CT molecular complexity index is 4030. The van der Waals surface area contributed by atoms with Crippen molar-refractivity contribution in [3.8, 4) is 0 Å². The van der Waals surface area contributed by atoms with Crippen LogP contribution in [0.25, 0.3) is 30.4 Å². The zero-order chi connectivity index (χ0) is 75.4. The van der Waals surface area contributed by atoms with Crippen LogP contribution in [0.2, 0.25) is 0 Å². The van der Waals surface area contributed by atoms with Gasteiger partial charge in [-0.1, -0.05) is 174 Å². The standard InChI is InChI=1S/2C17H19NO2S2.2C14H14N2O2S2.C13H13NO2S3/c2*1-11-6-7-14(9-12(11)2)10-15-16(20)18(17(21)22-15)8-4-5-13(3)19;2*1-10(17)5-4-8-16-13(18)12(20-14(16)19)9-11-6-2-3-7-15-11;1-9(15)4-2-6-14-12(16)11(19-13(14)17)8-10-5-3-7-18-10/h2*6-7,9-10H,4-5,8H2,1-3H3;2*2-3,6-7,9H,4-5,8H2,1H3;3,5,7-8H,2,4,6H2,1H3/b2*15-10-;2*12-9-;11-8-. The van der Waals surface area contributed by atoms with Crippen LogP contribution in [-0.4, -0.2) is 147 Å². The fourth-order valence-electron chi connectivity index (χ4n) is 9.60. The number of ketones is 5. The van der Waals surface area contributed by atoms with Crippen molar-refractivity contribution in [1.82, 2.24) is 34.5 Å². The van der Waals surface area contributed by atoms with Gasteiger partial charge in [0.2, 0.25) is 0 Å². The number of carbonyl (C=O) groups excluding carboxylic acids is 10. The first-order valence-corrected chi connectivity index (χ1v) is 39.7. The molecule has 0 radical (unpaired) electrons. The molecule has 10 rings (SSSR count). The average Bonchev–Trinajstić information content (AvgIpc) is 1.73. The predicted molar refractivity (Wildman–Crippen MR) is 444 cm³/mol. The molecule has 5 aliphatic heterocycles. The van der Waals surface area contributed by atoms with Gasteiger partial charge in [0.1, 0.15) is 50.5 Å². The number of Topliss-reactive ketones (excluding diaryl/α,β-unsaturated/α-hetero) is 5. The van der Waals surface area contributed by atoms with Gasteiger partial charge in [0.15, 0.2) is 0 Å². The molecule has 5 fully saturated rings. The molecule has 3 aromatic heterocycles. The minimum Gasteiger partial charge on any atom is -0.300 e. The Kier molecular flexibility index (Phi) is 35.4. The van der Waals surface area contributed by atoms with E-state index in [1.165, 1.54) is 81.1 Å². The number of aromatic nitrogens is 2. The Hall–Kier alpha value is -6.96. The van der Waals surface area contributed by atoms with Crippen LogP contribution < -0.4 is 0 Å². The summed E-state index contributed by atoms with van der Waals surface area (Å²) < 4.78 is 2.81. The second kappa shape index (κ2) is 42.9. The molecule has 0 aliphatic carbocycles. The molecule has 5 aliphatic rings. The normalized spacial score (nSPS) is 17.0. The van der Waals surface area contributed by atoms with Gasteiger partial charge in [0.05, 0.1) is 35.9 Å². The summed E-state index contributed by atoms with van der Waals surface area (Å²) in [4.78, 5) is 137. The second-order valence-corrected chi connectivity index (χ2v) is 33.3. The van der Waals surface area contributed by atoms with Crippen molar-refractivity contribution in [2.24, 2.45) is 0 Å². The Morgan fingerprint density at radius 1 is 0.359 bits per heavy atom. The van der Waals surface area contributed by atoms with E-state index in [9.17, 15) is 47.9 Å². The smallest absolute Gasteiger partial charge is 0.266 e. The van der Waals surface area contributed by atoms with E-state index in [0.717, 1.165) is 27.4 Å². The molecule has 0 unspecified atom stereocenters. The molecule has 103 heavy (non-hydrogen) atoms. The fourth-order valence-corrected chi connectivity index (χ4v) is 16.8. The molecule has 0 atom stereocenters. The third kappa shape index (κ3) is 27.8. The highest BCUT2D eigenvalue weighted by molar-refractivity contribution is 8.28. The molecule has 0 bridgehead atoms. The Morgan fingerprint density at radius 2 is 0.641 bits per heavy atom. The quantitative estimate of drug-likeness (QED) is 0.0392. The van der Waals surface area contributed by atoms with Gasteiger partial charge in [-0.15, -0.1) is 11.3 Å². The lowest BCUT2D eigenvalue weighted by Gasteiger charge is -2.13. The zero-order valence-electron chi connectivity index (χ0n) is 58.5. The lowest BCUT2D eigenvalue weighted by atomic mass is 10.1. The highest BCUT2D eigenvalue weighted by Gasteiger charge is 2.36. The minimum atomic E-state index is -0.103. The predicted octanol–water partition coefficient (Wildman–Crippen LogP) is 16.4. The van der Waals surface area contributed by atoms with E-state index in [1.54, 1.807) is 95.0 Å². The highest BCUT2D eigenvalue weighted by Crippen LogP contribution is 2.37. The number of carbonyl (C=O) groups is 10. The maximum absolute atomic E-state index is 12.4. The first-order chi connectivity index (χ1) is 49.0. The van der Waals surface area contributed by atoms with Gasteiger partial charge in [-0.25, -0.2) is 0 Å². The molecule has 5 amide bonds. The summed E-state index contributed by atoms with van der Waals surface area (Å²) in [5.74, 6) is 0.287. The van der Waals surface area contributed by atoms with E-state index < -0.39 is 0 Å². The first-order valence-electron chi connectivity index (χ1n) is 32.7. The van der Waals surface area contributed by atoms with Crippen molar-refractivity contribution in [3.05, 3.63) is 177 Å². The number of nitrogens with zero attached hydrogens (tertiary/aromatic N) is 7. The lowest BCUT2D eigenvalue weighted by Crippen LogP contribution is -2.29. The van der Waals surface area contributed by atoms with E-state index in [0.29, 0.717) is 143 Å². The van der Waals surface area contributed by atoms with Crippen LogP contribution in [0.5, 0.6) is 0 Å². The van der Waals surface area contributed by atoms with Gasteiger partial charge in [-0.3, -0.25) is 58.4 Å². The van der Waals surface area contributed by atoms with Crippen LogP contribution in [0, 0.1) is 27.7 Å². The minimum absolute atomic E-state index is 0.0491. The van der Waals surface area contributed by atoms with Crippen molar-refractivity contribution in [2.75, 3.05) is 32.7 Å². The van der Waals surface area contributed by atoms with Crippen LogP contribution in [0.3, 0.4) is 0 Å². The number of thioether (sulfide) groups is 5. The lowest BCUT2D eigenvalue weighted by molar-refractivity contribution is -0.123. The summed E-state index contributed by atoms with van der Waals surface area (Å²) in [6.07, 6.45) is 18.1. The van der Waals surface area contributed by atoms with Gasteiger partial charge < -0.3 is 24.0 Å². The molecular formula is C75H79N7O10S11. The molecule has 28 heteroatoms. The van der Waals surface area contributed by atoms with Crippen LogP contribution in [0.15, 0.2) is 127 Å². The third-order valence-corrected chi connectivity index (χ3v) is 23.0. The van der Waals surface area contributed by atoms with Crippen molar-refractivity contribution in [2.45, 2.75) is 127 Å². The number of rotatable bonds is 25. The topological polar surface area (TPSA) is 213 Å². The number of benzene rings is 2.